The molecule has 2 saturated heterocycles. The maximum absolute atomic E-state index is 13.7. The highest BCUT2D eigenvalue weighted by Crippen LogP contribution is 2.43. The number of benzene rings is 1. The van der Waals surface area contributed by atoms with Crippen molar-refractivity contribution >= 4 is 36.3 Å². The molecule has 2 aliphatic heterocycles. The summed E-state index contributed by atoms with van der Waals surface area (Å²) in [7, 11) is 6.38. The second kappa shape index (κ2) is 14.7. The van der Waals surface area contributed by atoms with E-state index in [9.17, 15) is 24.3 Å². The van der Waals surface area contributed by atoms with Gasteiger partial charge >= 0.3 is 0 Å². The molecule has 1 aromatic rings. The second-order valence-electron chi connectivity index (χ2n) is 11.9. The number of carbonyl (C=O) groups excluding carboxylic acids is 4. The number of hydrogen-bond donors (Lipinski definition) is 5. The lowest BCUT2D eigenvalue weighted by Crippen LogP contribution is -2.61. The number of nitrogens with zero attached hydrogens (tertiary/aromatic N) is 2. The standard InChI is InChI=1S/C29H45N5O5S/c1-34(2,3)17-9-6-10-23-29(39)33-24(28(38)32-23)18-22(26(33)20-11-13-21(35)14-12-20)27(37)31-16-8-5-4-7-15-30-25(36)19-40/h11-14,22-24,26H,4-10,15-19H2,1-3H3,(H4-,30,31,32,35,36,37,38,40)/p+1/t22-,23-,24-,26-/m0/s1. The van der Waals surface area contributed by atoms with Crippen molar-refractivity contribution in [1.82, 2.24) is 20.9 Å². The number of hydrogen-bond acceptors (Lipinski definition) is 6. The molecule has 2 aliphatic rings. The summed E-state index contributed by atoms with van der Waals surface area (Å²) in [4.78, 5) is 53.1. The van der Waals surface area contributed by atoms with E-state index in [4.69, 9.17) is 0 Å². The number of aromatic hydroxyl groups is 1. The van der Waals surface area contributed by atoms with Gasteiger partial charge < -0.3 is 30.4 Å². The van der Waals surface area contributed by atoms with E-state index in [0.29, 0.717) is 19.5 Å². The number of phenols is 1. The van der Waals surface area contributed by atoms with E-state index in [2.05, 4.69) is 49.7 Å². The Kier molecular flexibility index (Phi) is 11.7. The molecule has 0 unspecified atom stereocenters. The van der Waals surface area contributed by atoms with Gasteiger partial charge in [-0.1, -0.05) is 25.0 Å². The molecule has 0 bridgehead atoms. The average molecular weight is 577 g/mol. The van der Waals surface area contributed by atoms with Gasteiger partial charge in [0.2, 0.25) is 23.6 Å². The number of carbonyl (C=O) groups is 4. The van der Waals surface area contributed by atoms with Crippen molar-refractivity contribution in [3.05, 3.63) is 29.8 Å². The van der Waals surface area contributed by atoms with E-state index in [0.717, 1.165) is 55.1 Å². The van der Waals surface area contributed by atoms with E-state index >= 15 is 0 Å². The third kappa shape index (κ3) is 8.86. The number of thiol groups is 1. The maximum atomic E-state index is 13.7. The van der Waals surface area contributed by atoms with Crippen LogP contribution < -0.4 is 16.0 Å². The monoisotopic (exact) mass is 576 g/mol. The SMILES string of the molecule is C[N+](C)(C)CCCC[C@@H]1NC(=O)[C@@H]2C[C@H](C(=O)NCCCCCCNC(=O)CS)[C@H](c3ccc(O)cc3)N2C1=O. The fourth-order valence-corrected chi connectivity index (χ4v) is 5.69. The van der Waals surface area contributed by atoms with Crippen molar-refractivity contribution < 1.29 is 28.8 Å². The van der Waals surface area contributed by atoms with Crippen molar-refractivity contribution in [2.24, 2.45) is 5.92 Å². The van der Waals surface area contributed by atoms with Gasteiger partial charge in [0, 0.05) is 13.1 Å². The van der Waals surface area contributed by atoms with Crippen molar-refractivity contribution in [3.63, 3.8) is 0 Å². The minimum Gasteiger partial charge on any atom is -0.508 e. The Balaban J connectivity index is 1.62. The van der Waals surface area contributed by atoms with E-state index < -0.39 is 24.0 Å². The quantitative estimate of drug-likeness (QED) is 0.124. The van der Waals surface area contributed by atoms with E-state index in [-0.39, 0.29) is 41.6 Å². The van der Waals surface area contributed by atoms with Gasteiger partial charge in [-0.15, -0.1) is 0 Å². The van der Waals surface area contributed by atoms with Crippen LogP contribution in [0, 0.1) is 5.92 Å². The largest absolute Gasteiger partial charge is 0.508 e. The van der Waals surface area contributed by atoms with Crippen LogP contribution >= 0.6 is 12.6 Å². The van der Waals surface area contributed by atoms with Crippen molar-refractivity contribution in [2.45, 2.75) is 69.5 Å². The number of phenolic OH excluding ortho intramolecular Hbond substituents is 1. The summed E-state index contributed by atoms with van der Waals surface area (Å²) in [5.41, 5.74) is 0.732. The zero-order valence-electron chi connectivity index (χ0n) is 24.0. The number of unbranched alkanes of at least 4 members (excludes halogenated alkanes) is 4. The first-order valence-electron chi connectivity index (χ1n) is 14.4. The Bertz CT molecular complexity index is 1030. The topological polar surface area (TPSA) is 128 Å². The number of quaternary nitrogens is 1. The Morgan fingerprint density at radius 2 is 1.65 bits per heavy atom. The number of fused-ring (bicyclic) bond motifs is 1. The molecular formula is C29H46N5O5S+. The minimum absolute atomic E-state index is 0.0787. The first kappa shape index (κ1) is 31.7. The highest BCUT2D eigenvalue weighted by atomic mass is 32.1. The van der Waals surface area contributed by atoms with E-state index in [1.54, 1.807) is 29.2 Å². The Morgan fingerprint density at radius 3 is 2.27 bits per heavy atom. The van der Waals surface area contributed by atoms with Crippen LogP contribution in [-0.4, -0.2) is 96.7 Å². The first-order chi connectivity index (χ1) is 19.0. The summed E-state index contributed by atoms with van der Waals surface area (Å²) in [5.74, 6) is -0.895. The maximum Gasteiger partial charge on any atom is 0.246 e. The van der Waals surface area contributed by atoms with Crippen LogP contribution in [0.1, 0.15) is 63.0 Å². The highest BCUT2D eigenvalue weighted by Gasteiger charge is 2.54. The van der Waals surface area contributed by atoms with E-state index in [1.807, 2.05) is 0 Å². The van der Waals surface area contributed by atoms with Crippen LogP contribution in [0.15, 0.2) is 24.3 Å². The molecule has 10 nitrogen and oxygen atoms in total. The van der Waals surface area contributed by atoms with Crippen LogP contribution in [0.3, 0.4) is 0 Å². The molecule has 3 rings (SSSR count). The van der Waals surface area contributed by atoms with Crippen LogP contribution in [0.4, 0.5) is 0 Å². The third-order valence-corrected chi connectivity index (χ3v) is 7.96. The summed E-state index contributed by atoms with van der Waals surface area (Å²) >= 11 is 3.94. The molecule has 4 amide bonds. The summed E-state index contributed by atoms with van der Waals surface area (Å²) < 4.78 is 0.841. The number of rotatable bonds is 15. The summed E-state index contributed by atoms with van der Waals surface area (Å²) in [6, 6.07) is 4.68. The lowest BCUT2D eigenvalue weighted by atomic mass is 9.92. The van der Waals surface area contributed by atoms with Gasteiger partial charge in [-0.25, -0.2) is 0 Å². The molecule has 4 N–H and O–H groups in total. The van der Waals surface area contributed by atoms with E-state index in [1.165, 1.54) is 0 Å². The van der Waals surface area contributed by atoms with Gasteiger partial charge in [0.25, 0.3) is 0 Å². The zero-order valence-corrected chi connectivity index (χ0v) is 24.9. The lowest BCUT2D eigenvalue weighted by Gasteiger charge is -2.38. The van der Waals surface area contributed by atoms with Gasteiger partial charge in [-0.3, -0.25) is 19.2 Å². The lowest BCUT2D eigenvalue weighted by molar-refractivity contribution is -0.870. The van der Waals surface area contributed by atoms with Crippen LogP contribution in [0.25, 0.3) is 0 Å². The number of nitrogens with one attached hydrogen (secondary N) is 3. The van der Waals surface area contributed by atoms with Crippen LogP contribution in [0.2, 0.25) is 0 Å². The first-order valence-corrected chi connectivity index (χ1v) is 15.0. The Hall–Kier alpha value is -2.79. The summed E-state index contributed by atoms with van der Waals surface area (Å²) in [5, 5.41) is 18.6. The number of piperazine rings is 1. The fraction of sp³-hybridized carbons (Fsp3) is 0.655. The normalized spacial score (nSPS) is 22.6. The molecule has 0 radical (unpaired) electrons. The Morgan fingerprint density at radius 1 is 1.00 bits per heavy atom. The van der Waals surface area contributed by atoms with Crippen LogP contribution in [-0.2, 0) is 19.2 Å². The molecular weight excluding hydrogens is 530 g/mol. The van der Waals surface area contributed by atoms with Gasteiger partial charge in [-0.05, 0) is 56.2 Å². The van der Waals surface area contributed by atoms with Crippen molar-refractivity contribution in [2.75, 3.05) is 46.5 Å². The molecule has 4 atom stereocenters. The van der Waals surface area contributed by atoms with Gasteiger partial charge in [0.05, 0.1) is 45.4 Å². The molecule has 0 spiro atoms. The molecule has 0 aromatic heterocycles. The minimum atomic E-state index is -0.697. The molecule has 0 saturated carbocycles. The van der Waals surface area contributed by atoms with Crippen LogP contribution in [0.5, 0.6) is 5.75 Å². The summed E-state index contributed by atoms with van der Waals surface area (Å²) in [6.45, 7) is 2.10. The molecule has 11 heteroatoms. The van der Waals surface area contributed by atoms with Gasteiger partial charge in [-0.2, -0.15) is 12.6 Å². The van der Waals surface area contributed by atoms with Crippen molar-refractivity contribution in [1.29, 1.82) is 0 Å². The molecule has 2 heterocycles. The molecule has 2 fully saturated rings. The molecule has 222 valence electrons. The van der Waals surface area contributed by atoms with Gasteiger partial charge in [0.15, 0.2) is 0 Å². The Labute approximate surface area is 243 Å². The summed E-state index contributed by atoms with van der Waals surface area (Å²) in [6.07, 6.45) is 6.09. The zero-order chi connectivity index (χ0) is 29.3. The average Bonchev–Trinajstić information content (AvgIpc) is 3.32. The highest BCUT2D eigenvalue weighted by molar-refractivity contribution is 7.81. The number of amides is 4. The van der Waals surface area contributed by atoms with Crippen molar-refractivity contribution in [3.8, 4) is 5.75 Å². The molecule has 0 aliphatic carbocycles. The predicted octanol–water partition coefficient (Wildman–Crippen LogP) is 1.75. The van der Waals surface area contributed by atoms with Gasteiger partial charge in [0.1, 0.15) is 17.8 Å². The predicted molar refractivity (Wildman–Crippen MR) is 157 cm³/mol. The smallest absolute Gasteiger partial charge is 0.246 e. The molecule has 1 aromatic carbocycles. The second-order valence-corrected chi connectivity index (χ2v) is 12.2. The third-order valence-electron chi connectivity index (χ3n) is 7.68. The fourth-order valence-electron chi connectivity index (χ4n) is 5.58. The molecule has 40 heavy (non-hydrogen) atoms.